The van der Waals surface area contributed by atoms with Gasteiger partial charge >= 0.3 is 5.97 Å². The summed E-state index contributed by atoms with van der Waals surface area (Å²) in [6.45, 7) is 4.54. The van der Waals surface area contributed by atoms with Crippen LogP contribution in [0.3, 0.4) is 0 Å². The average Bonchev–Trinajstić information content (AvgIpc) is 2.37. The molecule has 0 saturated heterocycles. The normalized spacial score (nSPS) is 18.9. The van der Waals surface area contributed by atoms with Gasteiger partial charge in [-0.2, -0.15) is 4.98 Å². The summed E-state index contributed by atoms with van der Waals surface area (Å²) in [5.41, 5.74) is 0.0578. The highest BCUT2D eigenvalue weighted by molar-refractivity contribution is 7.99. The van der Waals surface area contributed by atoms with Crippen LogP contribution in [0.5, 0.6) is 0 Å². The molecule has 1 fully saturated rings. The van der Waals surface area contributed by atoms with E-state index >= 15 is 0 Å². The standard InChI is InChI=1S/C14H20N2O3S/c1-14(2)6-3-10(4-7-14)16-8-5-11(17)15-13(16)20-9-12(18)19/h5,8,10H,3-4,6-7,9H2,1-2H3,(H,18,19). The molecule has 110 valence electrons. The van der Waals surface area contributed by atoms with Gasteiger partial charge in [0, 0.05) is 18.3 Å². The third-order valence-corrected chi connectivity index (χ3v) is 4.78. The van der Waals surface area contributed by atoms with E-state index in [1.54, 1.807) is 6.20 Å². The Morgan fingerprint density at radius 1 is 1.50 bits per heavy atom. The second kappa shape index (κ2) is 5.99. The van der Waals surface area contributed by atoms with Gasteiger partial charge in [0.15, 0.2) is 5.16 Å². The van der Waals surface area contributed by atoms with E-state index in [2.05, 4.69) is 18.8 Å². The van der Waals surface area contributed by atoms with Gasteiger partial charge in [0.2, 0.25) is 0 Å². The first-order valence-electron chi connectivity index (χ1n) is 6.81. The Hall–Kier alpha value is -1.30. The number of thioether (sulfide) groups is 1. The third-order valence-electron chi connectivity index (χ3n) is 3.83. The Balaban J connectivity index is 2.18. The lowest BCUT2D eigenvalue weighted by Crippen LogP contribution is -2.26. The van der Waals surface area contributed by atoms with E-state index < -0.39 is 5.97 Å². The van der Waals surface area contributed by atoms with Crippen LogP contribution in [0.1, 0.15) is 45.6 Å². The summed E-state index contributed by atoms with van der Waals surface area (Å²) in [4.78, 5) is 26.0. The fraction of sp³-hybridized carbons (Fsp3) is 0.643. The van der Waals surface area contributed by atoms with Gasteiger partial charge in [-0.3, -0.25) is 9.59 Å². The molecule has 1 aromatic rings. The summed E-state index contributed by atoms with van der Waals surface area (Å²) in [5.74, 6) is -0.973. The topological polar surface area (TPSA) is 72.2 Å². The highest BCUT2D eigenvalue weighted by Crippen LogP contribution is 2.40. The molecule has 1 saturated carbocycles. The van der Waals surface area contributed by atoms with E-state index in [1.165, 1.54) is 6.07 Å². The molecule has 0 aliphatic heterocycles. The van der Waals surface area contributed by atoms with Crippen molar-refractivity contribution in [2.45, 2.75) is 50.7 Å². The number of aliphatic carboxylic acids is 1. The molecule has 0 unspecified atom stereocenters. The lowest BCUT2D eigenvalue weighted by atomic mass is 9.75. The number of carboxylic acid groups (broad SMARTS) is 1. The van der Waals surface area contributed by atoms with Crippen molar-refractivity contribution in [2.75, 3.05) is 5.75 Å². The zero-order chi connectivity index (χ0) is 14.8. The smallest absolute Gasteiger partial charge is 0.313 e. The summed E-state index contributed by atoms with van der Waals surface area (Å²) in [6, 6.07) is 1.76. The molecule has 1 aliphatic rings. The number of aromatic nitrogens is 2. The molecule has 1 N–H and O–H groups in total. The molecule has 0 bridgehead atoms. The van der Waals surface area contributed by atoms with E-state index in [1.807, 2.05) is 4.57 Å². The van der Waals surface area contributed by atoms with Crippen molar-refractivity contribution in [3.05, 3.63) is 22.6 Å². The van der Waals surface area contributed by atoms with Crippen LogP contribution in [-0.2, 0) is 4.79 Å². The number of hydrogen-bond acceptors (Lipinski definition) is 4. The minimum absolute atomic E-state index is 0.0747. The highest BCUT2D eigenvalue weighted by Gasteiger charge is 2.28. The number of rotatable bonds is 4. The number of nitrogens with zero attached hydrogens (tertiary/aromatic N) is 2. The van der Waals surface area contributed by atoms with Crippen molar-refractivity contribution in [3.63, 3.8) is 0 Å². The van der Waals surface area contributed by atoms with E-state index in [9.17, 15) is 9.59 Å². The van der Waals surface area contributed by atoms with Crippen molar-refractivity contribution < 1.29 is 9.90 Å². The molecule has 1 aliphatic carbocycles. The first kappa shape index (κ1) is 15.1. The first-order chi connectivity index (χ1) is 9.37. The van der Waals surface area contributed by atoms with Crippen LogP contribution < -0.4 is 5.56 Å². The van der Waals surface area contributed by atoms with Gasteiger partial charge < -0.3 is 9.67 Å². The lowest BCUT2D eigenvalue weighted by molar-refractivity contribution is -0.133. The number of hydrogen-bond donors (Lipinski definition) is 1. The van der Waals surface area contributed by atoms with Crippen LogP contribution in [0.4, 0.5) is 0 Å². The molecule has 5 nitrogen and oxygen atoms in total. The van der Waals surface area contributed by atoms with Crippen molar-refractivity contribution >= 4 is 17.7 Å². The van der Waals surface area contributed by atoms with E-state index in [0.29, 0.717) is 16.6 Å². The van der Waals surface area contributed by atoms with Gasteiger partial charge in [0.25, 0.3) is 5.56 Å². The van der Waals surface area contributed by atoms with Crippen LogP contribution in [0.25, 0.3) is 0 Å². The quantitative estimate of drug-likeness (QED) is 0.683. The molecular weight excluding hydrogens is 276 g/mol. The molecule has 20 heavy (non-hydrogen) atoms. The molecular formula is C14H20N2O3S. The summed E-state index contributed by atoms with van der Waals surface area (Å²) in [5, 5.41) is 9.30. The molecule has 0 radical (unpaired) electrons. The molecule has 1 heterocycles. The van der Waals surface area contributed by atoms with Crippen LogP contribution in [0.15, 0.2) is 22.2 Å². The van der Waals surface area contributed by atoms with Crippen molar-refractivity contribution in [3.8, 4) is 0 Å². The summed E-state index contributed by atoms with van der Waals surface area (Å²) >= 11 is 1.12. The molecule has 6 heteroatoms. The maximum absolute atomic E-state index is 11.4. The summed E-state index contributed by atoms with van der Waals surface area (Å²) < 4.78 is 1.98. The average molecular weight is 296 g/mol. The maximum Gasteiger partial charge on any atom is 0.313 e. The molecule has 2 rings (SSSR count). The zero-order valence-electron chi connectivity index (χ0n) is 11.8. The van der Waals surface area contributed by atoms with Crippen LogP contribution in [0, 0.1) is 5.41 Å². The van der Waals surface area contributed by atoms with Crippen LogP contribution in [0.2, 0.25) is 0 Å². The van der Waals surface area contributed by atoms with Crippen LogP contribution in [-0.4, -0.2) is 26.4 Å². The molecule has 0 aromatic carbocycles. The van der Waals surface area contributed by atoms with Crippen molar-refractivity contribution in [1.29, 1.82) is 0 Å². The molecule has 0 atom stereocenters. The van der Waals surface area contributed by atoms with Crippen molar-refractivity contribution in [2.24, 2.45) is 5.41 Å². The Kier molecular flexibility index (Phi) is 4.52. The van der Waals surface area contributed by atoms with Gasteiger partial charge in [-0.1, -0.05) is 25.6 Å². The first-order valence-corrected chi connectivity index (χ1v) is 7.80. The van der Waals surface area contributed by atoms with E-state index in [0.717, 1.165) is 37.4 Å². The largest absolute Gasteiger partial charge is 0.481 e. The molecule has 0 spiro atoms. The van der Waals surface area contributed by atoms with Gasteiger partial charge in [-0.05, 0) is 31.1 Å². The SMILES string of the molecule is CC1(C)CCC(n2ccc(=O)nc2SCC(=O)O)CC1. The number of carbonyl (C=O) groups is 1. The van der Waals surface area contributed by atoms with Gasteiger partial charge in [-0.25, -0.2) is 0 Å². The van der Waals surface area contributed by atoms with Gasteiger partial charge in [0.05, 0.1) is 5.75 Å². The predicted molar refractivity (Wildman–Crippen MR) is 78.1 cm³/mol. The zero-order valence-corrected chi connectivity index (χ0v) is 12.7. The Morgan fingerprint density at radius 2 is 2.15 bits per heavy atom. The lowest BCUT2D eigenvalue weighted by Gasteiger charge is -2.35. The van der Waals surface area contributed by atoms with Crippen LogP contribution >= 0.6 is 11.8 Å². The second-order valence-corrected chi connectivity index (χ2v) is 6.98. The molecule has 0 amide bonds. The van der Waals surface area contributed by atoms with Gasteiger partial charge in [-0.15, -0.1) is 0 Å². The summed E-state index contributed by atoms with van der Waals surface area (Å²) in [6.07, 6.45) is 6.10. The minimum Gasteiger partial charge on any atom is -0.481 e. The van der Waals surface area contributed by atoms with Gasteiger partial charge in [0.1, 0.15) is 0 Å². The number of carboxylic acids is 1. The van der Waals surface area contributed by atoms with E-state index in [4.69, 9.17) is 5.11 Å². The highest BCUT2D eigenvalue weighted by atomic mass is 32.2. The Morgan fingerprint density at radius 3 is 2.75 bits per heavy atom. The summed E-state index contributed by atoms with van der Waals surface area (Å²) in [7, 11) is 0. The van der Waals surface area contributed by atoms with Crippen molar-refractivity contribution in [1.82, 2.24) is 9.55 Å². The predicted octanol–water partition coefficient (Wildman–Crippen LogP) is 2.56. The fourth-order valence-electron chi connectivity index (χ4n) is 2.57. The van der Waals surface area contributed by atoms with E-state index in [-0.39, 0.29) is 11.3 Å². The fourth-order valence-corrected chi connectivity index (χ4v) is 3.34. The third kappa shape index (κ3) is 3.85. The monoisotopic (exact) mass is 296 g/mol. The second-order valence-electron chi connectivity index (χ2n) is 6.03. The minimum atomic E-state index is -0.899. The Bertz CT molecular complexity index is 544. The maximum atomic E-state index is 11.4. The molecule has 1 aromatic heterocycles. The Labute approximate surface area is 122 Å².